The van der Waals surface area contributed by atoms with Gasteiger partial charge in [0.1, 0.15) is 12.1 Å². The molecule has 2 fully saturated rings. The van der Waals surface area contributed by atoms with Crippen molar-refractivity contribution < 1.29 is 23.4 Å². The highest BCUT2D eigenvalue weighted by Gasteiger charge is 2.23. The van der Waals surface area contributed by atoms with Crippen molar-refractivity contribution >= 4 is 11.6 Å². The summed E-state index contributed by atoms with van der Waals surface area (Å²) in [4.78, 5) is 23.3. The summed E-state index contributed by atoms with van der Waals surface area (Å²) >= 11 is 0. The molecule has 2 saturated heterocycles. The van der Waals surface area contributed by atoms with Gasteiger partial charge in [0.15, 0.2) is 5.69 Å². The second-order valence-electron chi connectivity index (χ2n) is 8.23. The van der Waals surface area contributed by atoms with Crippen molar-refractivity contribution in [3.63, 3.8) is 0 Å². The minimum atomic E-state index is -0.440. The second-order valence-corrected chi connectivity index (χ2v) is 8.23. The summed E-state index contributed by atoms with van der Waals surface area (Å²) in [7, 11) is 0. The Hall–Kier alpha value is -2.37. The Bertz CT molecular complexity index is 881. The van der Waals surface area contributed by atoms with Gasteiger partial charge in [-0.3, -0.25) is 19.5 Å². The van der Waals surface area contributed by atoms with Crippen molar-refractivity contribution in [1.29, 1.82) is 0 Å². The summed E-state index contributed by atoms with van der Waals surface area (Å²) < 4.78 is 24.1. The average molecular weight is 448 g/mol. The quantitative estimate of drug-likeness (QED) is 0.616. The number of nitrogens with one attached hydrogen (secondary N) is 1. The van der Waals surface area contributed by atoms with Gasteiger partial charge in [-0.2, -0.15) is 0 Å². The van der Waals surface area contributed by atoms with Gasteiger partial charge in [0.25, 0.3) is 5.91 Å². The molecule has 2 N–H and O–H groups in total. The zero-order valence-electron chi connectivity index (χ0n) is 18.1. The lowest BCUT2D eigenvalue weighted by Gasteiger charge is -2.36. The second kappa shape index (κ2) is 11.0. The van der Waals surface area contributed by atoms with Crippen LogP contribution in [0.2, 0.25) is 0 Å². The van der Waals surface area contributed by atoms with Gasteiger partial charge in [0.2, 0.25) is 5.89 Å². The first-order chi connectivity index (χ1) is 15.5. The first-order valence-corrected chi connectivity index (χ1v) is 11.0. The molecule has 10 heteroatoms. The van der Waals surface area contributed by atoms with Gasteiger partial charge >= 0.3 is 0 Å². The zero-order valence-corrected chi connectivity index (χ0v) is 18.1. The van der Waals surface area contributed by atoms with E-state index < -0.39 is 11.7 Å². The average Bonchev–Trinajstić information content (AvgIpc) is 3.24. The largest absolute Gasteiger partial charge is 0.447 e. The molecule has 2 aromatic rings. The van der Waals surface area contributed by atoms with E-state index in [9.17, 15) is 14.3 Å². The predicted octanol–water partition coefficient (Wildman–Crippen LogP) is 0.877. The number of anilines is 1. The molecule has 1 aromatic carbocycles. The molecule has 0 bridgehead atoms. The predicted molar refractivity (Wildman–Crippen MR) is 116 cm³/mol. The number of carbonyl (C=O) groups excluding carboxylic acids is 1. The van der Waals surface area contributed by atoms with Gasteiger partial charge in [-0.15, -0.1) is 0 Å². The maximum atomic E-state index is 13.3. The molecule has 0 spiro atoms. The molecule has 1 aromatic heterocycles. The van der Waals surface area contributed by atoms with Gasteiger partial charge in [-0.1, -0.05) is 6.07 Å². The number of hydrogen-bond donors (Lipinski definition) is 2. The number of amides is 1. The lowest BCUT2D eigenvalue weighted by molar-refractivity contribution is 0.00187. The van der Waals surface area contributed by atoms with Crippen LogP contribution in [0.25, 0.3) is 0 Å². The Morgan fingerprint density at radius 1 is 1.09 bits per heavy atom. The molecule has 1 amide bonds. The number of ether oxygens (including phenoxy) is 1. The van der Waals surface area contributed by atoms with Gasteiger partial charge < -0.3 is 19.6 Å². The van der Waals surface area contributed by atoms with Crippen LogP contribution >= 0.6 is 0 Å². The monoisotopic (exact) mass is 447 g/mol. The van der Waals surface area contributed by atoms with Crippen LogP contribution in [-0.2, 0) is 11.3 Å². The fraction of sp³-hybridized carbons (Fsp3) is 0.545. The Balaban J connectivity index is 1.19. The molecular weight excluding hydrogens is 417 g/mol. The number of halogens is 1. The van der Waals surface area contributed by atoms with E-state index in [1.807, 2.05) is 0 Å². The Morgan fingerprint density at radius 3 is 2.50 bits per heavy atom. The molecule has 3 heterocycles. The summed E-state index contributed by atoms with van der Waals surface area (Å²) in [5, 5.41) is 13.0. The number of benzene rings is 1. The van der Waals surface area contributed by atoms with Gasteiger partial charge in [0.05, 0.1) is 25.9 Å². The number of morpholine rings is 1. The molecule has 1 atom stereocenters. The summed E-state index contributed by atoms with van der Waals surface area (Å²) in [6, 6.07) is 5.70. The van der Waals surface area contributed by atoms with E-state index in [1.54, 1.807) is 6.07 Å². The highest BCUT2D eigenvalue weighted by atomic mass is 19.1. The van der Waals surface area contributed by atoms with Gasteiger partial charge in [-0.25, -0.2) is 9.37 Å². The number of β-amino-alcohol motifs (C(OH)–C–C–N with tert-alkyl or cyclic N) is 1. The van der Waals surface area contributed by atoms with E-state index >= 15 is 0 Å². The Kier molecular flexibility index (Phi) is 7.82. The molecule has 0 radical (unpaired) electrons. The third kappa shape index (κ3) is 6.57. The third-order valence-electron chi connectivity index (χ3n) is 5.73. The van der Waals surface area contributed by atoms with E-state index in [-0.39, 0.29) is 11.8 Å². The number of aliphatic hydroxyl groups is 1. The van der Waals surface area contributed by atoms with Crippen molar-refractivity contribution in [2.24, 2.45) is 0 Å². The molecule has 0 saturated carbocycles. The summed E-state index contributed by atoms with van der Waals surface area (Å²) in [6.45, 7) is 8.45. The molecule has 0 unspecified atom stereocenters. The molecule has 2 aliphatic heterocycles. The first kappa shape index (κ1) is 22.8. The van der Waals surface area contributed by atoms with Crippen molar-refractivity contribution in [3.8, 4) is 0 Å². The first-order valence-electron chi connectivity index (χ1n) is 11.0. The Morgan fingerprint density at radius 2 is 1.78 bits per heavy atom. The highest BCUT2D eigenvalue weighted by Crippen LogP contribution is 2.13. The molecule has 0 aliphatic carbocycles. The van der Waals surface area contributed by atoms with Crippen LogP contribution in [-0.4, -0.2) is 102 Å². The normalized spacial score (nSPS) is 19.7. The Labute approximate surface area is 186 Å². The summed E-state index contributed by atoms with van der Waals surface area (Å²) in [6.07, 6.45) is 0.952. The van der Waals surface area contributed by atoms with Crippen LogP contribution in [0, 0.1) is 5.82 Å². The van der Waals surface area contributed by atoms with Gasteiger partial charge in [0, 0.05) is 58.0 Å². The van der Waals surface area contributed by atoms with E-state index in [0.29, 0.717) is 31.2 Å². The number of piperazine rings is 1. The summed E-state index contributed by atoms with van der Waals surface area (Å²) in [5.41, 5.74) is 0.528. The number of carbonyl (C=O) groups is 1. The van der Waals surface area contributed by atoms with Crippen LogP contribution in [0.4, 0.5) is 10.1 Å². The van der Waals surface area contributed by atoms with Crippen LogP contribution in [0.15, 0.2) is 34.9 Å². The maximum absolute atomic E-state index is 13.3. The number of aliphatic hydroxyl groups excluding tert-OH is 1. The number of aromatic nitrogens is 1. The third-order valence-corrected chi connectivity index (χ3v) is 5.73. The summed E-state index contributed by atoms with van der Waals surface area (Å²) in [5.74, 6) is -0.392. The number of hydrogen-bond acceptors (Lipinski definition) is 8. The molecule has 174 valence electrons. The topological polar surface area (TPSA) is 94.3 Å². The maximum Gasteiger partial charge on any atom is 0.277 e. The van der Waals surface area contributed by atoms with E-state index in [1.165, 1.54) is 24.5 Å². The van der Waals surface area contributed by atoms with Crippen molar-refractivity contribution in [1.82, 2.24) is 19.7 Å². The van der Waals surface area contributed by atoms with Crippen molar-refractivity contribution in [2.75, 3.05) is 70.9 Å². The van der Waals surface area contributed by atoms with E-state index in [2.05, 4.69) is 25.0 Å². The fourth-order valence-electron chi connectivity index (χ4n) is 4.01. The molecular formula is C22H30FN5O4. The minimum absolute atomic E-state index is 0.161. The number of nitrogens with zero attached hydrogens (tertiary/aromatic N) is 4. The molecule has 32 heavy (non-hydrogen) atoms. The zero-order chi connectivity index (χ0) is 22.3. The van der Waals surface area contributed by atoms with Crippen LogP contribution in [0.3, 0.4) is 0 Å². The SMILES string of the molecule is O=C(Nc1cccc(F)c1)c1coc(CN2CCN(C[C@H](O)CN3CCOCC3)CC2)n1. The van der Waals surface area contributed by atoms with Crippen molar-refractivity contribution in [3.05, 3.63) is 47.9 Å². The van der Waals surface area contributed by atoms with Crippen LogP contribution in [0.1, 0.15) is 16.4 Å². The number of rotatable bonds is 8. The van der Waals surface area contributed by atoms with E-state index in [4.69, 9.17) is 9.15 Å². The van der Waals surface area contributed by atoms with Crippen molar-refractivity contribution in [2.45, 2.75) is 12.6 Å². The molecule has 9 nitrogen and oxygen atoms in total. The fourth-order valence-corrected chi connectivity index (χ4v) is 4.01. The molecule has 2 aliphatic rings. The number of oxazole rings is 1. The van der Waals surface area contributed by atoms with Crippen LogP contribution < -0.4 is 5.32 Å². The van der Waals surface area contributed by atoms with E-state index in [0.717, 1.165) is 52.5 Å². The lowest BCUT2D eigenvalue weighted by Crippen LogP contribution is -2.50. The van der Waals surface area contributed by atoms with Gasteiger partial charge in [-0.05, 0) is 18.2 Å². The highest BCUT2D eigenvalue weighted by molar-refractivity contribution is 6.02. The standard InChI is InChI=1S/C22H30FN5O4/c23-17-2-1-3-18(12-17)24-22(30)20-16-32-21(25-20)15-27-6-4-26(5-7-27)13-19(29)14-28-8-10-31-11-9-28/h1-3,12,16,19,29H,4-11,13-15H2,(H,24,30)/t19-/m0/s1. The minimum Gasteiger partial charge on any atom is -0.447 e. The molecule has 4 rings (SSSR count). The van der Waals surface area contributed by atoms with Crippen LogP contribution in [0.5, 0.6) is 0 Å². The smallest absolute Gasteiger partial charge is 0.277 e. The lowest BCUT2D eigenvalue weighted by atomic mass is 10.2.